The fraction of sp³-hybridized carbons (Fsp3) is 0.455. The molecule has 142 valence electrons. The van der Waals surface area contributed by atoms with Crippen molar-refractivity contribution in [3.8, 4) is 5.75 Å². The van der Waals surface area contributed by atoms with Crippen LogP contribution in [0.5, 0.6) is 5.75 Å². The standard InChI is InChI=1S/C22H29NO2.ClH/c1-17-7-6-10-19(12-11-18-8-4-3-5-9-18)22(17)25-14-13-20-15-21(24)16-23(20)2;/h3-10,20-21,24H,11-16H2,1-2H3;1H/t20-,21-;/m1./s1. The molecular formula is C22H30ClNO2. The number of nitrogens with zero attached hydrogens (tertiary/aromatic N) is 1. The summed E-state index contributed by atoms with van der Waals surface area (Å²) < 4.78 is 6.19. The van der Waals surface area contributed by atoms with Crippen molar-refractivity contribution < 1.29 is 9.84 Å². The van der Waals surface area contributed by atoms with Crippen molar-refractivity contribution in [2.75, 3.05) is 20.2 Å². The summed E-state index contributed by atoms with van der Waals surface area (Å²) >= 11 is 0. The van der Waals surface area contributed by atoms with Gasteiger partial charge in [-0.15, -0.1) is 12.4 Å². The SMILES string of the molecule is Cc1cccc(CCc2ccccc2)c1OCC[C@@H]1C[C@@H](O)CN1C.Cl. The molecule has 3 nitrogen and oxygen atoms in total. The summed E-state index contributed by atoms with van der Waals surface area (Å²) in [6.45, 7) is 3.59. The molecule has 1 saturated heterocycles. The summed E-state index contributed by atoms with van der Waals surface area (Å²) in [5.74, 6) is 1.04. The molecule has 1 fully saturated rings. The minimum Gasteiger partial charge on any atom is -0.493 e. The van der Waals surface area contributed by atoms with E-state index in [1.807, 2.05) is 0 Å². The number of β-amino-alcohol motifs (C(OH)–C–C–N with tert-alkyl or cyclic N) is 1. The van der Waals surface area contributed by atoms with Crippen LogP contribution in [-0.4, -0.2) is 42.4 Å². The number of aliphatic hydroxyl groups is 1. The van der Waals surface area contributed by atoms with Gasteiger partial charge in [0.25, 0.3) is 0 Å². The zero-order valence-corrected chi connectivity index (χ0v) is 16.5. The molecule has 2 aromatic rings. The zero-order valence-electron chi connectivity index (χ0n) is 15.7. The molecule has 0 radical (unpaired) electrons. The number of likely N-dealkylation sites (N-methyl/N-ethyl adjacent to an activating group) is 1. The first kappa shape index (κ1) is 20.8. The second kappa shape index (κ2) is 9.96. The number of rotatable bonds is 7. The molecule has 0 saturated carbocycles. The molecule has 0 aromatic heterocycles. The van der Waals surface area contributed by atoms with Crippen LogP contribution in [0.15, 0.2) is 48.5 Å². The number of aliphatic hydroxyl groups excluding tert-OH is 1. The summed E-state index contributed by atoms with van der Waals surface area (Å²) in [7, 11) is 2.08. The predicted molar refractivity (Wildman–Crippen MR) is 109 cm³/mol. The monoisotopic (exact) mass is 375 g/mol. The molecule has 1 aliphatic heterocycles. The van der Waals surface area contributed by atoms with E-state index in [0.717, 1.165) is 38.0 Å². The second-order valence-corrected chi connectivity index (χ2v) is 7.17. The van der Waals surface area contributed by atoms with E-state index in [1.165, 1.54) is 16.7 Å². The van der Waals surface area contributed by atoms with E-state index < -0.39 is 0 Å². The van der Waals surface area contributed by atoms with Crippen molar-refractivity contribution in [2.24, 2.45) is 0 Å². The van der Waals surface area contributed by atoms with E-state index in [4.69, 9.17) is 4.74 Å². The summed E-state index contributed by atoms with van der Waals surface area (Å²) in [5.41, 5.74) is 3.84. The summed E-state index contributed by atoms with van der Waals surface area (Å²) in [6, 6.07) is 17.4. The Bertz CT molecular complexity index is 677. The van der Waals surface area contributed by atoms with Gasteiger partial charge in [-0.05, 0) is 56.3 Å². The first-order chi connectivity index (χ1) is 12.1. The molecule has 2 atom stereocenters. The van der Waals surface area contributed by atoms with Crippen LogP contribution < -0.4 is 4.74 Å². The van der Waals surface area contributed by atoms with Crippen LogP contribution in [0.2, 0.25) is 0 Å². The molecule has 1 N–H and O–H groups in total. The first-order valence-electron chi connectivity index (χ1n) is 9.27. The van der Waals surface area contributed by atoms with Crippen LogP contribution in [0.25, 0.3) is 0 Å². The average Bonchev–Trinajstić information content (AvgIpc) is 2.93. The number of hydrogen-bond acceptors (Lipinski definition) is 3. The number of likely N-dealkylation sites (tertiary alicyclic amines) is 1. The number of benzene rings is 2. The molecule has 26 heavy (non-hydrogen) atoms. The van der Waals surface area contributed by atoms with Gasteiger partial charge in [0.15, 0.2) is 0 Å². The number of ether oxygens (including phenoxy) is 1. The summed E-state index contributed by atoms with van der Waals surface area (Å²) in [6.07, 6.45) is 3.64. The highest BCUT2D eigenvalue weighted by Crippen LogP contribution is 2.26. The zero-order chi connectivity index (χ0) is 17.6. The quantitative estimate of drug-likeness (QED) is 0.792. The number of para-hydroxylation sites is 1. The van der Waals surface area contributed by atoms with E-state index in [1.54, 1.807) is 0 Å². The largest absolute Gasteiger partial charge is 0.493 e. The van der Waals surface area contributed by atoms with Crippen molar-refractivity contribution in [3.05, 3.63) is 65.2 Å². The fourth-order valence-electron chi connectivity index (χ4n) is 3.73. The maximum absolute atomic E-state index is 9.77. The summed E-state index contributed by atoms with van der Waals surface area (Å²) in [5, 5.41) is 9.77. The summed E-state index contributed by atoms with van der Waals surface area (Å²) in [4.78, 5) is 2.24. The smallest absolute Gasteiger partial charge is 0.125 e. The third-order valence-electron chi connectivity index (χ3n) is 5.18. The van der Waals surface area contributed by atoms with E-state index in [9.17, 15) is 5.11 Å². The molecule has 1 aliphatic rings. The van der Waals surface area contributed by atoms with Gasteiger partial charge in [-0.3, -0.25) is 0 Å². The number of hydrogen-bond donors (Lipinski definition) is 1. The Labute approximate surface area is 163 Å². The van der Waals surface area contributed by atoms with Gasteiger partial charge in [0, 0.05) is 12.6 Å². The van der Waals surface area contributed by atoms with Crippen molar-refractivity contribution >= 4 is 12.4 Å². The third-order valence-corrected chi connectivity index (χ3v) is 5.18. The molecule has 2 aromatic carbocycles. The van der Waals surface area contributed by atoms with Crippen LogP contribution in [0, 0.1) is 6.92 Å². The van der Waals surface area contributed by atoms with Gasteiger partial charge in [-0.2, -0.15) is 0 Å². The van der Waals surface area contributed by atoms with Crippen LogP contribution in [0.1, 0.15) is 29.5 Å². The predicted octanol–water partition coefficient (Wildman–Crippen LogP) is 4.04. The fourth-order valence-corrected chi connectivity index (χ4v) is 3.73. The van der Waals surface area contributed by atoms with Gasteiger partial charge in [0.05, 0.1) is 12.7 Å². The van der Waals surface area contributed by atoms with Crippen LogP contribution in [-0.2, 0) is 12.8 Å². The highest BCUT2D eigenvalue weighted by molar-refractivity contribution is 5.85. The minimum atomic E-state index is -0.185. The Hall–Kier alpha value is -1.55. The van der Waals surface area contributed by atoms with Gasteiger partial charge < -0.3 is 14.7 Å². The lowest BCUT2D eigenvalue weighted by Crippen LogP contribution is -2.26. The van der Waals surface area contributed by atoms with Gasteiger partial charge in [-0.25, -0.2) is 0 Å². The number of aryl methyl sites for hydroxylation is 3. The van der Waals surface area contributed by atoms with Gasteiger partial charge in [-0.1, -0.05) is 48.5 Å². The Balaban J connectivity index is 0.00000243. The molecule has 4 heteroatoms. The van der Waals surface area contributed by atoms with E-state index in [-0.39, 0.29) is 18.5 Å². The lowest BCUT2D eigenvalue weighted by molar-refractivity contribution is 0.182. The topological polar surface area (TPSA) is 32.7 Å². The molecular weight excluding hydrogens is 346 g/mol. The lowest BCUT2D eigenvalue weighted by atomic mass is 10.0. The normalized spacial score (nSPS) is 20.0. The van der Waals surface area contributed by atoms with Crippen molar-refractivity contribution in [3.63, 3.8) is 0 Å². The van der Waals surface area contributed by atoms with Gasteiger partial charge in [0.1, 0.15) is 5.75 Å². The van der Waals surface area contributed by atoms with Crippen molar-refractivity contribution in [2.45, 2.75) is 44.8 Å². The Morgan fingerprint density at radius 2 is 1.85 bits per heavy atom. The minimum absolute atomic E-state index is 0. The maximum Gasteiger partial charge on any atom is 0.125 e. The molecule has 0 aliphatic carbocycles. The number of halogens is 1. The van der Waals surface area contributed by atoms with E-state index in [0.29, 0.717) is 12.6 Å². The van der Waals surface area contributed by atoms with Crippen LogP contribution in [0.3, 0.4) is 0 Å². The van der Waals surface area contributed by atoms with E-state index in [2.05, 4.69) is 67.4 Å². The molecule has 0 spiro atoms. The van der Waals surface area contributed by atoms with Crippen molar-refractivity contribution in [1.82, 2.24) is 4.90 Å². The maximum atomic E-state index is 9.77. The Kier molecular flexibility index (Phi) is 7.95. The molecule has 3 rings (SSSR count). The molecule has 0 unspecified atom stereocenters. The van der Waals surface area contributed by atoms with Crippen LogP contribution in [0.4, 0.5) is 0 Å². The molecule has 1 heterocycles. The third kappa shape index (κ3) is 5.47. The highest BCUT2D eigenvalue weighted by Gasteiger charge is 2.27. The van der Waals surface area contributed by atoms with Crippen molar-refractivity contribution in [1.29, 1.82) is 0 Å². The Morgan fingerprint density at radius 1 is 1.08 bits per heavy atom. The molecule has 0 amide bonds. The second-order valence-electron chi connectivity index (χ2n) is 7.17. The molecule has 0 bridgehead atoms. The Morgan fingerprint density at radius 3 is 2.54 bits per heavy atom. The van der Waals surface area contributed by atoms with Gasteiger partial charge in [0.2, 0.25) is 0 Å². The average molecular weight is 376 g/mol. The lowest BCUT2D eigenvalue weighted by Gasteiger charge is -2.20. The first-order valence-corrected chi connectivity index (χ1v) is 9.27. The van der Waals surface area contributed by atoms with Gasteiger partial charge >= 0.3 is 0 Å². The van der Waals surface area contributed by atoms with Crippen LogP contribution >= 0.6 is 12.4 Å². The van der Waals surface area contributed by atoms with E-state index >= 15 is 0 Å². The highest BCUT2D eigenvalue weighted by atomic mass is 35.5.